The van der Waals surface area contributed by atoms with Crippen molar-refractivity contribution in [2.24, 2.45) is 0 Å². The molecule has 6 aromatic rings. The summed E-state index contributed by atoms with van der Waals surface area (Å²) in [7, 11) is 0. The van der Waals surface area contributed by atoms with Crippen molar-refractivity contribution in [3.8, 4) is 0 Å². The highest BCUT2D eigenvalue weighted by atomic mass is 32.2. The molecular formula is C36H36N8O2S. The van der Waals surface area contributed by atoms with E-state index < -0.39 is 0 Å². The van der Waals surface area contributed by atoms with Gasteiger partial charge in [0.25, 0.3) is 0 Å². The lowest BCUT2D eigenvalue weighted by Gasteiger charge is -2.26. The molecule has 3 aromatic carbocycles. The molecule has 0 aliphatic carbocycles. The number of anilines is 3. The number of nitrogens with one attached hydrogen (secondary N) is 2. The number of hydrogen-bond acceptors (Lipinski definition) is 9. The number of pyridine rings is 1. The Hall–Kier alpha value is -4.84. The van der Waals surface area contributed by atoms with Crippen LogP contribution in [0.1, 0.15) is 12.0 Å². The molecule has 0 atom stereocenters. The summed E-state index contributed by atoms with van der Waals surface area (Å²) in [6.45, 7) is 5.49. The molecule has 1 amide bonds. The van der Waals surface area contributed by atoms with Gasteiger partial charge in [-0.15, -0.1) is 0 Å². The maximum Gasteiger partial charge on any atom is 0.249 e. The van der Waals surface area contributed by atoms with Gasteiger partial charge in [0.15, 0.2) is 0 Å². The summed E-state index contributed by atoms with van der Waals surface area (Å²) >= 11 is 1.83. The third kappa shape index (κ3) is 7.60. The predicted octanol–water partition coefficient (Wildman–Crippen LogP) is 6.27. The number of amides is 1. The first-order chi connectivity index (χ1) is 23.2. The van der Waals surface area contributed by atoms with Crippen LogP contribution in [-0.2, 0) is 16.1 Å². The molecule has 2 N–H and O–H groups in total. The fraction of sp³-hybridized carbons (Fsp3) is 0.250. The zero-order valence-corrected chi connectivity index (χ0v) is 26.8. The SMILES string of the molecule is O=C(C=CCSCCCN1CCOCC1)Nc1cc2c(Nc3cc4nn(Cc5ccccc5)cc4c4ccccc34)ncnc2cn1. The number of carbonyl (C=O) groups is 1. The summed E-state index contributed by atoms with van der Waals surface area (Å²) in [6, 6.07) is 22.5. The number of ether oxygens (including phenoxy) is 1. The maximum atomic E-state index is 12.7. The number of carbonyl (C=O) groups excluding carboxylic acids is 1. The molecule has 11 heteroatoms. The Morgan fingerprint density at radius 2 is 1.74 bits per heavy atom. The van der Waals surface area contributed by atoms with Crippen molar-refractivity contribution >= 4 is 67.6 Å². The molecule has 1 fully saturated rings. The van der Waals surface area contributed by atoms with E-state index in [1.165, 1.54) is 11.9 Å². The number of thioether (sulfide) groups is 1. The predicted molar refractivity (Wildman–Crippen MR) is 190 cm³/mol. The van der Waals surface area contributed by atoms with Gasteiger partial charge in [0, 0.05) is 53.0 Å². The number of morpholine rings is 1. The van der Waals surface area contributed by atoms with Crippen molar-refractivity contribution < 1.29 is 9.53 Å². The molecule has 4 heterocycles. The van der Waals surface area contributed by atoms with Gasteiger partial charge in [-0.3, -0.25) is 14.4 Å². The van der Waals surface area contributed by atoms with Crippen molar-refractivity contribution in [2.75, 3.05) is 55.0 Å². The molecular weight excluding hydrogens is 609 g/mol. The third-order valence-corrected chi connectivity index (χ3v) is 9.15. The summed E-state index contributed by atoms with van der Waals surface area (Å²) in [4.78, 5) is 28.5. The standard InChI is InChI=1S/C36H36N8O2S/c45-35(12-6-18-47-19-7-13-43-14-16-46-17-15-43)41-34-20-29-33(22-37-34)38-25-39-36(29)40-31-21-32-30(27-10-4-5-11-28(27)31)24-44(42-32)23-26-8-2-1-3-9-26/h1-6,8-12,20-22,24-25H,7,13-19,23H2,(H,37,41,45)(H,38,39,40). The van der Waals surface area contributed by atoms with Crippen LogP contribution in [0.25, 0.3) is 32.6 Å². The lowest BCUT2D eigenvalue weighted by atomic mass is 10.0. The third-order valence-electron chi connectivity index (χ3n) is 8.14. The minimum Gasteiger partial charge on any atom is -0.379 e. The molecule has 10 nitrogen and oxygen atoms in total. The van der Waals surface area contributed by atoms with Gasteiger partial charge in [-0.2, -0.15) is 16.9 Å². The van der Waals surface area contributed by atoms with E-state index >= 15 is 0 Å². The molecule has 238 valence electrons. The van der Waals surface area contributed by atoms with Gasteiger partial charge in [0.1, 0.15) is 18.0 Å². The summed E-state index contributed by atoms with van der Waals surface area (Å²) < 4.78 is 7.39. The Bertz CT molecular complexity index is 2020. The van der Waals surface area contributed by atoms with Crippen LogP contribution in [0.15, 0.2) is 97.6 Å². The van der Waals surface area contributed by atoms with E-state index in [0.717, 1.165) is 83.5 Å². The number of aromatic nitrogens is 5. The lowest BCUT2D eigenvalue weighted by Crippen LogP contribution is -2.36. The quantitative estimate of drug-likeness (QED) is 0.118. The Morgan fingerprint density at radius 1 is 0.915 bits per heavy atom. The first kappa shape index (κ1) is 30.8. The Kier molecular flexibility index (Phi) is 9.64. The first-order valence-electron chi connectivity index (χ1n) is 15.9. The highest BCUT2D eigenvalue weighted by Gasteiger charge is 2.14. The fourth-order valence-corrected chi connectivity index (χ4v) is 6.55. The van der Waals surface area contributed by atoms with Gasteiger partial charge in [0.2, 0.25) is 5.91 Å². The van der Waals surface area contributed by atoms with Crippen molar-refractivity contribution in [3.05, 3.63) is 103 Å². The molecule has 0 spiro atoms. The molecule has 0 saturated carbocycles. The van der Waals surface area contributed by atoms with Crippen molar-refractivity contribution in [2.45, 2.75) is 13.0 Å². The normalized spacial score (nSPS) is 14.0. The molecule has 0 radical (unpaired) electrons. The molecule has 47 heavy (non-hydrogen) atoms. The van der Waals surface area contributed by atoms with Gasteiger partial charge in [0.05, 0.1) is 37.0 Å². The van der Waals surface area contributed by atoms with Gasteiger partial charge in [-0.05, 0) is 41.8 Å². The molecule has 0 bridgehead atoms. The van der Waals surface area contributed by atoms with E-state index in [4.69, 9.17) is 9.84 Å². The molecule has 7 rings (SSSR count). The fourth-order valence-electron chi connectivity index (χ4n) is 5.82. The average molecular weight is 645 g/mol. The van der Waals surface area contributed by atoms with E-state index in [1.807, 2.05) is 52.9 Å². The van der Waals surface area contributed by atoms with Gasteiger partial charge in [-0.25, -0.2) is 15.0 Å². The highest BCUT2D eigenvalue weighted by Crippen LogP contribution is 2.34. The Labute approximate surface area is 277 Å². The van der Waals surface area contributed by atoms with Crippen molar-refractivity contribution in [1.29, 1.82) is 0 Å². The summed E-state index contributed by atoms with van der Waals surface area (Å²) in [5, 5.41) is 15.3. The maximum absolute atomic E-state index is 12.7. The summed E-state index contributed by atoms with van der Waals surface area (Å²) in [5.74, 6) is 2.67. The highest BCUT2D eigenvalue weighted by molar-refractivity contribution is 7.99. The van der Waals surface area contributed by atoms with Crippen LogP contribution in [0, 0.1) is 0 Å². The van der Waals surface area contributed by atoms with E-state index in [9.17, 15) is 4.79 Å². The first-order valence-corrected chi connectivity index (χ1v) is 17.0. The second-order valence-corrected chi connectivity index (χ2v) is 12.6. The minimum absolute atomic E-state index is 0.223. The van der Waals surface area contributed by atoms with Crippen LogP contribution >= 0.6 is 11.8 Å². The van der Waals surface area contributed by atoms with E-state index in [0.29, 0.717) is 23.7 Å². The molecule has 0 unspecified atom stereocenters. The number of fused-ring (bicyclic) bond motifs is 4. The molecule has 1 aliphatic rings. The summed E-state index contributed by atoms with van der Waals surface area (Å²) in [6.07, 6.45) is 9.87. The Morgan fingerprint density at radius 3 is 2.62 bits per heavy atom. The topological polar surface area (TPSA) is 110 Å². The number of hydrogen-bond donors (Lipinski definition) is 2. The zero-order valence-electron chi connectivity index (χ0n) is 26.0. The average Bonchev–Trinajstić information content (AvgIpc) is 3.51. The second kappa shape index (κ2) is 14.7. The van der Waals surface area contributed by atoms with Crippen LogP contribution in [0.4, 0.5) is 17.3 Å². The smallest absolute Gasteiger partial charge is 0.249 e. The van der Waals surface area contributed by atoms with Gasteiger partial charge in [-0.1, -0.05) is 60.7 Å². The molecule has 1 aliphatic heterocycles. The van der Waals surface area contributed by atoms with E-state index in [-0.39, 0.29) is 5.91 Å². The number of benzene rings is 3. The monoisotopic (exact) mass is 644 g/mol. The van der Waals surface area contributed by atoms with Crippen LogP contribution < -0.4 is 10.6 Å². The van der Waals surface area contributed by atoms with Crippen molar-refractivity contribution in [1.82, 2.24) is 29.6 Å². The van der Waals surface area contributed by atoms with Gasteiger partial charge < -0.3 is 15.4 Å². The Balaban J connectivity index is 1.04. The second-order valence-electron chi connectivity index (χ2n) is 11.4. The van der Waals surface area contributed by atoms with Gasteiger partial charge >= 0.3 is 0 Å². The number of nitrogens with zero attached hydrogens (tertiary/aromatic N) is 6. The lowest BCUT2D eigenvalue weighted by molar-refractivity contribution is -0.111. The van der Waals surface area contributed by atoms with E-state index in [1.54, 1.807) is 18.3 Å². The van der Waals surface area contributed by atoms with Crippen molar-refractivity contribution in [3.63, 3.8) is 0 Å². The number of rotatable bonds is 12. The van der Waals surface area contributed by atoms with Crippen LogP contribution in [0.5, 0.6) is 0 Å². The summed E-state index contributed by atoms with van der Waals surface area (Å²) in [5.41, 5.74) is 3.63. The molecule has 3 aromatic heterocycles. The molecule has 1 saturated heterocycles. The van der Waals surface area contributed by atoms with E-state index in [2.05, 4.69) is 67.0 Å². The minimum atomic E-state index is -0.223. The van der Waals surface area contributed by atoms with Crippen LogP contribution in [0.2, 0.25) is 0 Å². The van der Waals surface area contributed by atoms with Crippen LogP contribution in [-0.4, -0.2) is 79.9 Å². The largest absolute Gasteiger partial charge is 0.379 e. The zero-order chi connectivity index (χ0) is 31.8. The van der Waals surface area contributed by atoms with Crippen LogP contribution in [0.3, 0.4) is 0 Å².